The Kier molecular flexibility index (Phi) is 5.46. The molecule has 1 heterocycles. The number of carbonyl (C=O) groups is 1. The summed E-state index contributed by atoms with van der Waals surface area (Å²) in [6.45, 7) is 1.31. The first kappa shape index (κ1) is 17.8. The van der Waals surface area contributed by atoms with E-state index in [1.807, 2.05) is 0 Å². The van der Waals surface area contributed by atoms with E-state index in [0.717, 1.165) is 12.1 Å². The fraction of sp³-hybridized carbons (Fsp3) is 0.235. The van der Waals surface area contributed by atoms with E-state index in [0.29, 0.717) is 5.76 Å². The summed E-state index contributed by atoms with van der Waals surface area (Å²) < 4.78 is 43.9. The summed E-state index contributed by atoms with van der Waals surface area (Å²) >= 11 is 0. The number of halogens is 3. The molecule has 0 saturated carbocycles. The van der Waals surface area contributed by atoms with Gasteiger partial charge in [-0.3, -0.25) is 4.79 Å². The van der Waals surface area contributed by atoms with Crippen molar-refractivity contribution in [1.82, 2.24) is 5.32 Å². The summed E-state index contributed by atoms with van der Waals surface area (Å²) in [6, 6.07) is 8.18. The van der Waals surface area contributed by atoms with Crippen molar-refractivity contribution in [3.8, 4) is 0 Å². The number of nitrogens with one attached hydrogen (secondary N) is 1. The fourth-order valence-electron chi connectivity index (χ4n) is 2.18. The molecule has 4 nitrogen and oxygen atoms in total. The average molecular weight is 339 g/mol. The summed E-state index contributed by atoms with van der Waals surface area (Å²) in [5.74, 6) is -0.312. The van der Waals surface area contributed by atoms with Gasteiger partial charge in [0.25, 0.3) is 0 Å². The number of aliphatic hydroxyl groups is 1. The van der Waals surface area contributed by atoms with Gasteiger partial charge in [0, 0.05) is 6.08 Å². The predicted molar refractivity (Wildman–Crippen MR) is 81.8 cm³/mol. The van der Waals surface area contributed by atoms with Crippen molar-refractivity contribution in [2.24, 2.45) is 0 Å². The number of hydrogen-bond donors (Lipinski definition) is 2. The number of amides is 1. The van der Waals surface area contributed by atoms with Gasteiger partial charge in [-0.05, 0) is 36.3 Å². The number of carbonyl (C=O) groups excluding carboxylic acids is 1. The lowest BCUT2D eigenvalue weighted by atomic mass is 10.00. The van der Waals surface area contributed by atoms with E-state index >= 15 is 0 Å². The van der Waals surface area contributed by atoms with Crippen molar-refractivity contribution in [3.63, 3.8) is 0 Å². The number of alkyl halides is 3. The highest BCUT2D eigenvalue weighted by Gasteiger charge is 2.33. The molecule has 0 spiro atoms. The molecule has 0 aliphatic rings. The van der Waals surface area contributed by atoms with Gasteiger partial charge in [-0.25, -0.2) is 0 Å². The number of furan rings is 1. The highest BCUT2D eigenvalue weighted by atomic mass is 19.4. The van der Waals surface area contributed by atoms with Crippen molar-refractivity contribution in [1.29, 1.82) is 0 Å². The zero-order chi connectivity index (χ0) is 17.7. The molecule has 0 aliphatic heterocycles. The summed E-state index contributed by atoms with van der Waals surface area (Å²) in [4.78, 5) is 11.9. The molecule has 24 heavy (non-hydrogen) atoms. The van der Waals surface area contributed by atoms with Crippen LogP contribution in [0.5, 0.6) is 0 Å². The molecule has 1 unspecified atom stereocenters. The van der Waals surface area contributed by atoms with E-state index in [-0.39, 0.29) is 17.7 Å². The molecule has 0 fully saturated rings. The number of rotatable bonds is 5. The Morgan fingerprint density at radius 3 is 2.62 bits per heavy atom. The number of aliphatic hydroxyl groups excluding tert-OH is 1. The van der Waals surface area contributed by atoms with Crippen molar-refractivity contribution in [3.05, 3.63) is 65.6 Å². The van der Waals surface area contributed by atoms with Gasteiger partial charge < -0.3 is 14.8 Å². The third-order valence-corrected chi connectivity index (χ3v) is 3.35. The Labute approximate surface area is 136 Å². The van der Waals surface area contributed by atoms with Gasteiger partial charge in [-0.1, -0.05) is 18.2 Å². The molecule has 1 aromatic carbocycles. The standard InChI is InChI=1S/C17H16F3NO3/c1-11(12-5-2-3-6-13(12)17(18,19)20)9-16(23)21-10-14(22)15-7-4-8-24-15/h2-9,14,22H,10H2,1H3,(H,21,23)/b11-9-. The van der Waals surface area contributed by atoms with Crippen LogP contribution in [-0.2, 0) is 11.0 Å². The van der Waals surface area contributed by atoms with Crippen LogP contribution in [0.25, 0.3) is 5.57 Å². The maximum atomic E-state index is 13.0. The average Bonchev–Trinajstić information content (AvgIpc) is 3.06. The molecule has 0 aliphatic carbocycles. The van der Waals surface area contributed by atoms with Crippen molar-refractivity contribution < 1.29 is 27.5 Å². The van der Waals surface area contributed by atoms with Crippen LogP contribution in [0.4, 0.5) is 13.2 Å². The Bertz CT molecular complexity index is 721. The minimum absolute atomic E-state index is 0.0632. The molecule has 2 N–H and O–H groups in total. The molecule has 2 rings (SSSR count). The maximum absolute atomic E-state index is 13.0. The van der Waals surface area contributed by atoms with Gasteiger partial charge in [0.1, 0.15) is 11.9 Å². The minimum Gasteiger partial charge on any atom is -0.467 e. The monoisotopic (exact) mass is 339 g/mol. The van der Waals surface area contributed by atoms with Crippen LogP contribution in [0.15, 0.2) is 53.2 Å². The second-order valence-corrected chi connectivity index (χ2v) is 5.15. The summed E-state index contributed by atoms with van der Waals surface area (Å²) in [5.41, 5.74) is -0.693. The first-order chi connectivity index (χ1) is 11.3. The second kappa shape index (κ2) is 7.35. The quantitative estimate of drug-likeness (QED) is 0.819. The van der Waals surface area contributed by atoms with Crippen LogP contribution in [0, 0.1) is 0 Å². The molecular weight excluding hydrogens is 323 g/mol. The Balaban J connectivity index is 2.07. The molecule has 1 atom stereocenters. The van der Waals surface area contributed by atoms with Crippen molar-refractivity contribution in [2.45, 2.75) is 19.2 Å². The highest BCUT2D eigenvalue weighted by molar-refractivity contribution is 5.95. The van der Waals surface area contributed by atoms with Crippen molar-refractivity contribution >= 4 is 11.5 Å². The first-order valence-electron chi connectivity index (χ1n) is 7.13. The van der Waals surface area contributed by atoms with Crippen LogP contribution in [0.1, 0.15) is 29.9 Å². The van der Waals surface area contributed by atoms with E-state index in [1.165, 1.54) is 31.4 Å². The summed E-state index contributed by atoms with van der Waals surface area (Å²) in [5, 5.41) is 12.2. The van der Waals surface area contributed by atoms with Gasteiger partial charge in [0.15, 0.2) is 0 Å². The lowest BCUT2D eigenvalue weighted by Gasteiger charge is -2.13. The van der Waals surface area contributed by atoms with Crippen LogP contribution in [-0.4, -0.2) is 17.6 Å². The molecule has 1 amide bonds. The van der Waals surface area contributed by atoms with Gasteiger partial charge >= 0.3 is 6.18 Å². The first-order valence-corrected chi connectivity index (χ1v) is 7.13. The van der Waals surface area contributed by atoms with E-state index in [1.54, 1.807) is 12.1 Å². The number of benzene rings is 1. The SMILES string of the molecule is C/C(=C/C(=O)NCC(O)c1ccco1)c1ccccc1C(F)(F)F. The molecule has 1 aromatic heterocycles. The third-order valence-electron chi connectivity index (χ3n) is 3.35. The Morgan fingerprint density at radius 2 is 2.00 bits per heavy atom. The number of hydrogen-bond acceptors (Lipinski definition) is 3. The number of allylic oxidation sites excluding steroid dienone is 1. The van der Waals surface area contributed by atoms with Gasteiger partial charge in [0.2, 0.25) is 5.91 Å². The molecule has 0 bridgehead atoms. The largest absolute Gasteiger partial charge is 0.467 e. The van der Waals surface area contributed by atoms with Crippen LogP contribution in [0.2, 0.25) is 0 Å². The van der Waals surface area contributed by atoms with E-state index in [2.05, 4.69) is 5.32 Å². The van der Waals surface area contributed by atoms with Crippen molar-refractivity contribution in [2.75, 3.05) is 6.54 Å². The van der Waals surface area contributed by atoms with Crippen LogP contribution in [0.3, 0.4) is 0 Å². The predicted octanol–water partition coefficient (Wildman–Crippen LogP) is 3.55. The lowest BCUT2D eigenvalue weighted by molar-refractivity contribution is -0.137. The molecule has 2 aromatic rings. The molecule has 0 radical (unpaired) electrons. The Hall–Kier alpha value is -2.54. The summed E-state index contributed by atoms with van der Waals surface area (Å²) in [6.07, 6.45) is -3.07. The fourth-order valence-corrected chi connectivity index (χ4v) is 2.18. The topological polar surface area (TPSA) is 62.5 Å². The second-order valence-electron chi connectivity index (χ2n) is 5.15. The van der Waals surface area contributed by atoms with Crippen LogP contribution < -0.4 is 5.32 Å². The normalized spacial score (nSPS) is 13.6. The summed E-state index contributed by atoms with van der Waals surface area (Å²) in [7, 11) is 0. The highest BCUT2D eigenvalue weighted by Crippen LogP contribution is 2.34. The zero-order valence-electron chi connectivity index (χ0n) is 12.8. The van der Waals surface area contributed by atoms with Crippen LogP contribution >= 0.6 is 0 Å². The Morgan fingerprint density at radius 1 is 1.29 bits per heavy atom. The molecule has 7 heteroatoms. The van der Waals surface area contributed by atoms with E-state index in [4.69, 9.17) is 4.42 Å². The van der Waals surface area contributed by atoms with E-state index < -0.39 is 23.8 Å². The minimum atomic E-state index is -4.50. The van der Waals surface area contributed by atoms with E-state index in [9.17, 15) is 23.1 Å². The zero-order valence-corrected chi connectivity index (χ0v) is 12.8. The smallest absolute Gasteiger partial charge is 0.416 e. The molecule has 0 saturated heterocycles. The lowest BCUT2D eigenvalue weighted by Crippen LogP contribution is -2.26. The van der Waals surface area contributed by atoms with Gasteiger partial charge in [-0.2, -0.15) is 13.2 Å². The third kappa shape index (κ3) is 4.48. The molecular formula is C17H16F3NO3. The van der Waals surface area contributed by atoms with Gasteiger partial charge in [0.05, 0.1) is 18.4 Å². The maximum Gasteiger partial charge on any atom is 0.416 e. The molecule has 128 valence electrons. The van der Waals surface area contributed by atoms with Gasteiger partial charge in [-0.15, -0.1) is 0 Å².